The molecule has 3 aliphatic rings. The van der Waals surface area contributed by atoms with Crippen LogP contribution in [0.25, 0.3) is 0 Å². The molecule has 3 fully saturated rings. The first-order chi connectivity index (χ1) is 19.2. The van der Waals surface area contributed by atoms with Crippen LogP contribution in [0.4, 0.5) is 16.0 Å². The number of aromatic nitrogens is 3. The maximum Gasteiger partial charge on any atom is 0.274 e. The van der Waals surface area contributed by atoms with Crippen molar-refractivity contribution in [1.29, 1.82) is 0 Å². The number of hydrogen-bond acceptors (Lipinski definition) is 8. The smallest absolute Gasteiger partial charge is 0.274 e. The van der Waals surface area contributed by atoms with Gasteiger partial charge in [0.05, 0.1) is 5.56 Å². The van der Waals surface area contributed by atoms with Crippen LogP contribution in [0.5, 0.6) is 0 Å². The van der Waals surface area contributed by atoms with E-state index in [1.54, 1.807) is 4.90 Å². The molecule has 0 unspecified atom stereocenters. The van der Waals surface area contributed by atoms with Gasteiger partial charge in [0.15, 0.2) is 33.5 Å². The van der Waals surface area contributed by atoms with Crippen LogP contribution in [0.15, 0.2) is 6.07 Å². The second kappa shape index (κ2) is 12.2. The number of carbonyl (C=O) groups is 2. The molecule has 4 heterocycles. The Hall–Kier alpha value is -2.47. The predicted octanol–water partition coefficient (Wildman–Crippen LogP) is 4.04. The first-order valence-corrected chi connectivity index (χ1v) is 14.7. The Morgan fingerprint density at radius 1 is 1.02 bits per heavy atom. The van der Waals surface area contributed by atoms with E-state index >= 15 is 0 Å². The number of nitrogens with one attached hydrogen (secondary N) is 1. The van der Waals surface area contributed by atoms with Crippen molar-refractivity contribution in [3.63, 3.8) is 0 Å². The molecule has 0 spiro atoms. The molecule has 2 saturated heterocycles. The third-order valence-corrected chi connectivity index (χ3v) is 8.59. The molecular formula is C26H32Cl3FN8O2. The van der Waals surface area contributed by atoms with Crippen LogP contribution in [0.2, 0.25) is 15.5 Å². The SMILES string of the molecule is CCC[C@H]1CN(c2nc(N)c(C(=O)NC3CC3)nc2Cl)CCN1C1CCN(C(=O)c2cc(F)c(Cl)nc2Cl)CC1. The van der Waals surface area contributed by atoms with Gasteiger partial charge in [-0.1, -0.05) is 48.1 Å². The van der Waals surface area contributed by atoms with E-state index in [4.69, 9.17) is 40.5 Å². The summed E-state index contributed by atoms with van der Waals surface area (Å²) in [5.74, 6) is -0.906. The topological polar surface area (TPSA) is 121 Å². The Balaban J connectivity index is 1.23. The van der Waals surface area contributed by atoms with Crippen molar-refractivity contribution >= 4 is 58.3 Å². The molecular weight excluding hydrogens is 582 g/mol. The number of halogens is 4. The number of piperidine rings is 1. The van der Waals surface area contributed by atoms with Crippen molar-refractivity contribution in [1.82, 2.24) is 30.1 Å². The van der Waals surface area contributed by atoms with Crippen molar-refractivity contribution in [2.24, 2.45) is 0 Å². The lowest BCUT2D eigenvalue weighted by Gasteiger charge is -2.48. The maximum absolute atomic E-state index is 13.9. The third-order valence-electron chi connectivity index (χ3n) is 7.78. The molecule has 5 rings (SSSR count). The molecule has 10 nitrogen and oxygen atoms in total. The van der Waals surface area contributed by atoms with E-state index in [0.29, 0.717) is 38.0 Å². The molecule has 40 heavy (non-hydrogen) atoms. The Labute approximate surface area is 247 Å². The molecule has 1 atom stereocenters. The zero-order chi connectivity index (χ0) is 28.6. The fourth-order valence-corrected chi connectivity index (χ4v) is 6.22. The van der Waals surface area contributed by atoms with Gasteiger partial charge >= 0.3 is 0 Å². The van der Waals surface area contributed by atoms with Gasteiger partial charge in [-0.05, 0) is 38.2 Å². The fraction of sp³-hybridized carbons (Fsp3) is 0.577. The second-order valence-electron chi connectivity index (χ2n) is 10.6. The molecule has 0 aromatic carbocycles. The largest absolute Gasteiger partial charge is 0.382 e. The minimum absolute atomic E-state index is 0.0211. The normalized spacial score (nSPS) is 20.6. The lowest BCUT2D eigenvalue weighted by molar-refractivity contribution is 0.0480. The number of anilines is 2. The maximum atomic E-state index is 13.9. The van der Waals surface area contributed by atoms with Crippen LogP contribution in [-0.4, -0.2) is 87.4 Å². The molecule has 0 bridgehead atoms. The highest BCUT2D eigenvalue weighted by molar-refractivity contribution is 6.34. The summed E-state index contributed by atoms with van der Waals surface area (Å²) < 4.78 is 13.9. The third kappa shape index (κ3) is 6.22. The number of carbonyl (C=O) groups excluding carboxylic acids is 2. The van der Waals surface area contributed by atoms with Crippen LogP contribution < -0.4 is 16.0 Å². The van der Waals surface area contributed by atoms with E-state index in [-0.39, 0.29) is 56.4 Å². The van der Waals surface area contributed by atoms with Crippen molar-refractivity contribution in [2.75, 3.05) is 43.4 Å². The molecule has 14 heteroatoms. The van der Waals surface area contributed by atoms with E-state index < -0.39 is 5.82 Å². The molecule has 1 saturated carbocycles. The van der Waals surface area contributed by atoms with Gasteiger partial charge in [-0.2, -0.15) is 0 Å². The first-order valence-electron chi connectivity index (χ1n) is 13.6. The molecule has 0 radical (unpaired) electrons. The van der Waals surface area contributed by atoms with Crippen LogP contribution >= 0.6 is 34.8 Å². The highest BCUT2D eigenvalue weighted by Crippen LogP contribution is 2.31. The van der Waals surface area contributed by atoms with Crippen LogP contribution in [0, 0.1) is 5.82 Å². The summed E-state index contributed by atoms with van der Waals surface area (Å²) in [5.41, 5.74) is 6.21. The van der Waals surface area contributed by atoms with Crippen molar-refractivity contribution < 1.29 is 14.0 Å². The number of nitrogens with zero attached hydrogens (tertiary/aromatic N) is 6. The van der Waals surface area contributed by atoms with Gasteiger partial charge in [0.25, 0.3) is 11.8 Å². The minimum atomic E-state index is -0.771. The van der Waals surface area contributed by atoms with Crippen LogP contribution in [0.3, 0.4) is 0 Å². The number of pyridine rings is 1. The number of piperazine rings is 1. The van der Waals surface area contributed by atoms with Crippen molar-refractivity contribution in [2.45, 2.75) is 63.6 Å². The van der Waals surface area contributed by atoms with Crippen LogP contribution in [0.1, 0.15) is 66.3 Å². The van der Waals surface area contributed by atoms with E-state index in [9.17, 15) is 14.0 Å². The average Bonchev–Trinajstić information content (AvgIpc) is 3.75. The zero-order valence-corrected chi connectivity index (χ0v) is 24.4. The predicted molar refractivity (Wildman–Crippen MR) is 153 cm³/mol. The lowest BCUT2D eigenvalue weighted by atomic mass is 9.97. The molecule has 2 amide bonds. The van der Waals surface area contributed by atoms with Crippen molar-refractivity contribution in [3.05, 3.63) is 38.6 Å². The van der Waals surface area contributed by atoms with Crippen LogP contribution in [-0.2, 0) is 0 Å². The van der Waals surface area contributed by atoms with Gasteiger partial charge in [-0.3, -0.25) is 14.5 Å². The Bertz CT molecular complexity index is 1290. The highest BCUT2D eigenvalue weighted by atomic mass is 35.5. The lowest BCUT2D eigenvalue weighted by Crippen LogP contribution is -2.59. The molecule has 2 aromatic rings. The summed E-state index contributed by atoms with van der Waals surface area (Å²) >= 11 is 18.3. The quantitative estimate of drug-likeness (QED) is 0.449. The summed E-state index contributed by atoms with van der Waals surface area (Å²) in [7, 11) is 0. The monoisotopic (exact) mass is 612 g/mol. The van der Waals surface area contributed by atoms with Gasteiger partial charge in [0.2, 0.25) is 0 Å². The Morgan fingerprint density at radius 3 is 2.42 bits per heavy atom. The Kier molecular flexibility index (Phi) is 8.84. The zero-order valence-electron chi connectivity index (χ0n) is 22.2. The van der Waals surface area contributed by atoms with Crippen molar-refractivity contribution in [3.8, 4) is 0 Å². The second-order valence-corrected chi connectivity index (χ2v) is 11.6. The Morgan fingerprint density at radius 2 is 1.75 bits per heavy atom. The highest BCUT2D eigenvalue weighted by Gasteiger charge is 2.36. The number of nitrogens with two attached hydrogens (primary N) is 1. The van der Waals surface area contributed by atoms with Gasteiger partial charge in [-0.25, -0.2) is 19.3 Å². The first kappa shape index (κ1) is 29.0. The number of likely N-dealkylation sites (tertiary alicyclic amines) is 1. The number of hydrogen-bond donors (Lipinski definition) is 2. The van der Waals surface area contributed by atoms with Gasteiger partial charge in [0.1, 0.15) is 5.15 Å². The molecule has 1 aliphatic carbocycles. The molecule has 2 aromatic heterocycles. The van der Waals surface area contributed by atoms with E-state index in [0.717, 1.165) is 51.1 Å². The molecule has 216 valence electrons. The van der Waals surface area contributed by atoms with Gasteiger partial charge in [0, 0.05) is 50.8 Å². The van der Waals surface area contributed by atoms with E-state index in [1.807, 2.05) is 0 Å². The number of rotatable bonds is 7. The summed E-state index contributed by atoms with van der Waals surface area (Å²) in [6.07, 6.45) is 5.46. The summed E-state index contributed by atoms with van der Waals surface area (Å²) in [6.45, 7) is 5.36. The standard InChI is InChI=1S/C26H32Cl3FN8O2/c1-2-3-16-13-37(24-22(29)33-19(23(31)35-24)25(39)32-14-4-5-14)10-11-38(16)15-6-8-36(9-7-15)26(40)17-12-18(30)21(28)34-20(17)27/h12,14-16H,2-11,13H2,1H3,(H2,31,35)(H,32,39)/t16-/m0/s1. The van der Waals surface area contributed by atoms with Gasteiger partial charge < -0.3 is 20.9 Å². The molecule has 2 aliphatic heterocycles. The minimum Gasteiger partial charge on any atom is -0.382 e. The van der Waals surface area contributed by atoms with E-state index in [1.165, 1.54) is 0 Å². The number of nitrogen functional groups attached to an aromatic ring is 1. The number of amides is 2. The summed E-state index contributed by atoms with van der Waals surface area (Å²) in [6, 6.07) is 1.76. The summed E-state index contributed by atoms with van der Waals surface area (Å²) in [5, 5.41) is 2.58. The summed E-state index contributed by atoms with van der Waals surface area (Å²) in [4.78, 5) is 44.3. The molecule has 3 N–H and O–H groups in total. The average molecular weight is 614 g/mol. The van der Waals surface area contributed by atoms with Gasteiger partial charge in [-0.15, -0.1) is 0 Å². The fourth-order valence-electron chi connectivity index (χ4n) is 5.57. The van der Waals surface area contributed by atoms with E-state index in [2.05, 4.69) is 37.0 Å².